The largest absolute Gasteiger partial charge is 0.296 e. The third-order valence-corrected chi connectivity index (χ3v) is 6.78. The molecule has 1 aromatic heterocycles. The molecule has 1 N–H and O–H groups in total. The van der Waals surface area contributed by atoms with Gasteiger partial charge in [0, 0.05) is 5.56 Å². The van der Waals surface area contributed by atoms with Crippen LogP contribution in [0.4, 0.5) is 5.13 Å². The van der Waals surface area contributed by atoms with Crippen molar-refractivity contribution in [2.45, 2.75) is 24.1 Å². The van der Waals surface area contributed by atoms with Crippen LogP contribution in [0.25, 0.3) is 10.8 Å². The number of hydrogen-bond acceptors (Lipinski definition) is 6. The van der Waals surface area contributed by atoms with Crippen LogP contribution >= 0.6 is 11.3 Å². The van der Waals surface area contributed by atoms with Gasteiger partial charge in [-0.1, -0.05) is 61.1 Å². The van der Waals surface area contributed by atoms with E-state index in [0.29, 0.717) is 12.0 Å². The summed E-state index contributed by atoms with van der Waals surface area (Å²) in [6.45, 7) is 1.92. The van der Waals surface area contributed by atoms with Crippen LogP contribution < -0.4 is 5.32 Å². The molecular formula is C17H17N3O3S2. The maximum Gasteiger partial charge on any atom is 0.258 e. The summed E-state index contributed by atoms with van der Waals surface area (Å²) < 4.78 is 24.2. The average Bonchev–Trinajstić information content (AvgIpc) is 3.09. The monoisotopic (exact) mass is 375 g/mol. The summed E-state index contributed by atoms with van der Waals surface area (Å²) in [4.78, 5) is 12.5. The molecule has 3 rings (SSSR count). The fourth-order valence-electron chi connectivity index (χ4n) is 2.40. The number of rotatable bonds is 6. The maximum absolute atomic E-state index is 12.5. The van der Waals surface area contributed by atoms with E-state index in [0.717, 1.165) is 28.5 Å². The Balaban J connectivity index is 1.82. The van der Waals surface area contributed by atoms with Crippen molar-refractivity contribution in [3.05, 3.63) is 48.0 Å². The molecule has 25 heavy (non-hydrogen) atoms. The summed E-state index contributed by atoms with van der Waals surface area (Å²) in [5, 5.41) is 12.1. The Morgan fingerprint density at radius 1 is 1.12 bits per heavy atom. The smallest absolute Gasteiger partial charge is 0.258 e. The molecule has 0 spiro atoms. The normalized spacial score (nSPS) is 11.6. The van der Waals surface area contributed by atoms with Crippen LogP contribution in [0.15, 0.2) is 46.8 Å². The Morgan fingerprint density at radius 3 is 2.68 bits per heavy atom. The third kappa shape index (κ3) is 3.85. The van der Waals surface area contributed by atoms with Crippen molar-refractivity contribution in [3.8, 4) is 0 Å². The fourth-order valence-corrected chi connectivity index (χ4v) is 4.87. The molecule has 1 heterocycles. The van der Waals surface area contributed by atoms with Gasteiger partial charge in [-0.15, -0.1) is 10.2 Å². The number of amides is 1. The van der Waals surface area contributed by atoms with Gasteiger partial charge in [0.25, 0.3) is 5.91 Å². The van der Waals surface area contributed by atoms with Crippen LogP contribution in [-0.2, 0) is 9.84 Å². The Labute approximate surface area is 149 Å². The molecular weight excluding hydrogens is 358 g/mol. The molecule has 0 atom stereocenters. The summed E-state index contributed by atoms with van der Waals surface area (Å²) in [5.41, 5.74) is 0.503. The standard InChI is InChI=1S/C17H17N3O3S2/c1-2-3-11-25(22,23)17-20-19-16(24-17)18-15(21)14-10-6-8-12-7-4-5-9-13(12)14/h4-10H,2-3,11H2,1H3,(H,18,19,21). The second-order valence-corrected chi connectivity index (χ2v) is 8.79. The predicted molar refractivity (Wildman–Crippen MR) is 98.8 cm³/mol. The predicted octanol–water partition coefficient (Wildman–Crippen LogP) is 3.52. The topological polar surface area (TPSA) is 89.0 Å². The molecule has 0 saturated heterocycles. The first-order chi connectivity index (χ1) is 12.0. The van der Waals surface area contributed by atoms with Gasteiger partial charge in [0.2, 0.25) is 19.3 Å². The first-order valence-corrected chi connectivity index (χ1v) is 10.3. The number of anilines is 1. The van der Waals surface area contributed by atoms with E-state index in [2.05, 4.69) is 15.5 Å². The van der Waals surface area contributed by atoms with Crippen molar-refractivity contribution in [1.82, 2.24) is 10.2 Å². The number of benzene rings is 2. The highest BCUT2D eigenvalue weighted by atomic mass is 32.2. The van der Waals surface area contributed by atoms with Gasteiger partial charge in [-0.2, -0.15) is 0 Å². The molecule has 0 aliphatic rings. The van der Waals surface area contributed by atoms with E-state index in [9.17, 15) is 13.2 Å². The van der Waals surface area contributed by atoms with Gasteiger partial charge in [-0.05, 0) is 23.3 Å². The lowest BCUT2D eigenvalue weighted by Gasteiger charge is -2.05. The zero-order chi connectivity index (χ0) is 17.9. The number of nitrogens with one attached hydrogen (secondary N) is 1. The second kappa shape index (κ2) is 7.28. The highest BCUT2D eigenvalue weighted by Gasteiger charge is 2.21. The highest BCUT2D eigenvalue weighted by molar-refractivity contribution is 7.93. The number of nitrogens with zero attached hydrogens (tertiary/aromatic N) is 2. The minimum absolute atomic E-state index is 0.0371. The van der Waals surface area contributed by atoms with E-state index in [1.165, 1.54) is 0 Å². The SMILES string of the molecule is CCCCS(=O)(=O)c1nnc(NC(=O)c2cccc3ccccc23)s1. The van der Waals surface area contributed by atoms with E-state index < -0.39 is 9.84 Å². The molecule has 0 radical (unpaired) electrons. The van der Waals surface area contributed by atoms with Crippen LogP contribution in [0, 0.1) is 0 Å². The Morgan fingerprint density at radius 2 is 1.88 bits per heavy atom. The van der Waals surface area contributed by atoms with Gasteiger partial charge in [0.05, 0.1) is 5.75 Å². The van der Waals surface area contributed by atoms with Gasteiger partial charge >= 0.3 is 0 Å². The molecule has 8 heteroatoms. The van der Waals surface area contributed by atoms with Gasteiger partial charge < -0.3 is 0 Å². The Bertz CT molecular complexity index is 1010. The number of carbonyl (C=O) groups excluding carboxylic acids is 1. The van der Waals surface area contributed by atoms with Crippen molar-refractivity contribution in [1.29, 1.82) is 0 Å². The summed E-state index contributed by atoms with van der Waals surface area (Å²) >= 11 is 0.877. The highest BCUT2D eigenvalue weighted by Crippen LogP contribution is 2.24. The van der Waals surface area contributed by atoms with Crippen LogP contribution in [-0.4, -0.2) is 30.3 Å². The molecule has 2 aromatic carbocycles. The molecule has 130 valence electrons. The molecule has 1 amide bonds. The van der Waals surface area contributed by atoms with Gasteiger partial charge in [-0.25, -0.2) is 8.42 Å². The Hall–Kier alpha value is -2.32. The van der Waals surface area contributed by atoms with Crippen LogP contribution in [0.5, 0.6) is 0 Å². The second-order valence-electron chi connectivity index (χ2n) is 5.53. The zero-order valence-electron chi connectivity index (χ0n) is 13.6. The molecule has 0 aliphatic carbocycles. The Kier molecular flexibility index (Phi) is 5.10. The molecule has 6 nitrogen and oxygen atoms in total. The maximum atomic E-state index is 12.5. The summed E-state index contributed by atoms with van der Waals surface area (Å²) in [5.74, 6) is -0.305. The molecule has 3 aromatic rings. The summed E-state index contributed by atoms with van der Waals surface area (Å²) in [6, 6.07) is 13.0. The number of fused-ring (bicyclic) bond motifs is 1. The lowest BCUT2D eigenvalue weighted by molar-refractivity contribution is 0.102. The van der Waals surface area contributed by atoms with E-state index >= 15 is 0 Å². The zero-order valence-corrected chi connectivity index (χ0v) is 15.2. The fraction of sp³-hybridized carbons (Fsp3) is 0.235. The number of unbranched alkanes of at least 4 members (excludes halogenated alkanes) is 1. The van der Waals surface area contributed by atoms with Crippen LogP contribution in [0.3, 0.4) is 0 Å². The van der Waals surface area contributed by atoms with E-state index in [4.69, 9.17) is 0 Å². The molecule has 0 fully saturated rings. The number of hydrogen-bond donors (Lipinski definition) is 1. The average molecular weight is 375 g/mol. The minimum Gasteiger partial charge on any atom is -0.296 e. The number of aromatic nitrogens is 2. The minimum atomic E-state index is -3.44. The van der Waals surface area contributed by atoms with E-state index in [1.807, 2.05) is 37.3 Å². The number of carbonyl (C=O) groups is 1. The van der Waals surface area contributed by atoms with Crippen LogP contribution in [0.2, 0.25) is 0 Å². The van der Waals surface area contributed by atoms with Gasteiger partial charge in [0.15, 0.2) is 0 Å². The lowest BCUT2D eigenvalue weighted by atomic mass is 10.0. The van der Waals surface area contributed by atoms with E-state index in [-0.39, 0.29) is 21.1 Å². The lowest BCUT2D eigenvalue weighted by Crippen LogP contribution is -2.12. The first kappa shape index (κ1) is 17.5. The van der Waals surface area contributed by atoms with Gasteiger partial charge in [0.1, 0.15) is 0 Å². The summed E-state index contributed by atoms with van der Waals surface area (Å²) in [6.07, 6.45) is 1.35. The first-order valence-electron chi connectivity index (χ1n) is 7.86. The number of sulfone groups is 1. The molecule has 0 aliphatic heterocycles. The van der Waals surface area contributed by atoms with Crippen LogP contribution in [0.1, 0.15) is 30.1 Å². The quantitative estimate of drug-likeness (QED) is 0.666. The van der Waals surface area contributed by atoms with Gasteiger partial charge in [-0.3, -0.25) is 10.1 Å². The van der Waals surface area contributed by atoms with Crippen molar-refractivity contribution in [3.63, 3.8) is 0 Å². The van der Waals surface area contributed by atoms with Crippen molar-refractivity contribution >= 4 is 43.0 Å². The summed E-state index contributed by atoms with van der Waals surface area (Å²) in [7, 11) is -3.44. The third-order valence-electron chi connectivity index (χ3n) is 3.69. The molecule has 0 unspecified atom stereocenters. The van der Waals surface area contributed by atoms with Crippen molar-refractivity contribution in [2.75, 3.05) is 11.1 Å². The molecule has 0 bridgehead atoms. The van der Waals surface area contributed by atoms with Crippen molar-refractivity contribution in [2.24, 2.45) is 0 Å². The van der Waals surface area contributed by atoms with E-state index in [1.54, 1.807) is 12.1 Å². The van der Waals surface area contributed by atoms with Crippen molar-refractivity contribution < 1.29 is 13.2 Å². The molecule has 0 saturated carbocycles.